The number of alkyl halides is 3. The van der Waals surface area contributed by atoms with Crippen molar-refractivity contribution < 1.29 is 17.6 Å². The lowest BCUT2D eigenvalue weighted by Gasteiger charge is -2.11. The molecule has 1 fully saturated rings. The molecule has 0 radical (unpaired) electrons. The van der Waals surface area contributed by atoms with E-state index in [1.807, 2.05) is 0 Å². The third kappa shape index (κ3) is 4.38. The molecule has 2 nitrogen and oxygen atoms in total. The van der Waals surface area contributed by atoms with Gasteiger partial charge in [0.15, 0.2) is 0 Å². The second kappa shape index (κ2) is 5.77. The van der Waals surface area contributed by atoms with Crippen molar-refractivity contribution in [2.75, 3.05) is 18.4 Å². The number of anilines is 1. The number of hydrogen-bond donors (Lipinski definition) is 2. The Hall–Kier alpha value is -1.30. The van der Waals surface area contributed by atoms with Gasteiger partial charge in [-0.25, -0.2) is 4.39 Å². The van der Waals surface area contributed by atoms with Crippen LogP contribution in [0.1, 0.15) is 24.8 Å². The van der Waals surface area contributed by atoms with Crippen LogP contribution in [0.15, 0.2) is 18.2 Å². The van der Waals surface area contributed by atoms with E-state index >= 15 is 0 Å². The van der Waals surface area contributed by atoms with Crippen molar-refractivity contribution in [1.82, 2.24) is 5.32 Å². The standard InChI is InChI=1S/C13H16F4N2/c14-11-8-9(13(15,16)17)2-5-12(11)19-7-1-6-18-10-3-4-10/h2,5,8,10,18-19H,1,3-4,6-7H2. The highest BCUT2D eigenvalue weighted by Crippen LogP contribution is 2.31. The first-order chi connectivity index (χ1) is 8.97. The summed E-state index contributed by atoms with van der Waals surface area (Å²) in [5.74, 6) is -0.870. The quantitative estimate of drug-likeness (QED) is 0.614. The summed E-state index contributed by atoms with van der Waals surface area (Å²) in [6.07, 6.45) is -1.29. The summed E-state index contributed by atoms with van der Waals surface area (Å²) in [6.45, 7) is 1.36. The molecule has 0 aromatic heterocycles. The first kappa shape index (κ1) is 14.1. The molecule has 0 bridgehead atoms. The average Bonchev–Trinajstić information content (AvgIpc) is 3.13. The van der Waals surface area contributed by atoms with Crippen molar-refractivity contribution in [2.45, 2.75) is 31.5 Å². The van der Waals surface area contributed by atoms with Crippen LogP contribution in [0, 0.1) is 5.82 Å². The minimum atomic E-state index is -4.51. The molecule has 0 spiro atoms. The van der Waals surface area contributed by atoms with Gasteiger partial charge < -0.3 is 10.6 Å². The van der Waals surface area contributed by atoms with E-state index in [0.29, 0.717) is 18.7 Å². The highest BCUT2D eigenvalue weighted by Gasteiger charge is 2.31. The minimum absolute atomic E-state index is 0.111. The predicted molar refractivity (Wildman–Crippen MR) is 65.5 cm³/mol. The molecule has 0 amide bonds. The average molecular weight is 276 g/mol. The fourth-order valence-corrected chi connectivity index (χ4v) is 1.74. The maximum Gasteiger partial charge on any atom is 0.416 e. The van der Waals surface area contributed by atoms with E-state index in [2.05, 4.69) is 10.6 Å². The van der Waals surface area contributed by atoms with Gasteiger partial charge in [0.2, 0.25) is 0 Å². The molecular formula is C13H16F4N2. The zero-order chi connectivity index (χ0) is 13.9. The van der Waals surface area contributed by atoms with Crippen LogP contribution in [0.5, 0.6) is 0 Å². The lowest BCUT2D eigenvalue weighted by Crippen LogP contribution is -2.20. The summed E-state index contributed by atoms with van der Waals surface area (Å²) < 4.78 is 50.5. The summed E-state index contributed by atoms with van der Waals surface area (Å²) in [4.78, 5) is 0. The van der Waals surface area contributed by atoms with Crippen LogP contribution in [0.2, 0.25) is 0 Å². The van der Waals surface area contributed by atoms with Crippen LogP contribution >= 0.6 is 0 Å². The predicted octanol–water partition coefficient (Wildman–Crippen LogP) is 3.40. The fourth-order valence-electron chi connectivity index (χ4n) is 1.74. The van der Waals surface area contributed by atoms with Gasteiger partial charge in [0.1, 0.15) is 5.82 Å². The Morgan fingerprint density at radius 2 is 1.89 bits per heavy atom. The molecule has 1 aliphatic rings. The number of nitrogens with one attached hydrogen (secondary N) is 2. The van der Waals surface area contributed by atoms with Gasteiger partial charge in [-0.05, 0) is 44.0 Å². The largest absolute Gasteiger partial charge is 0.416 e. The minimum Gasteiger partial charge on any atom is -0.383 e. The van der Waals surface area contributed by atoms with E-state index in [1.165, 1.54) is 12.8 Å². The van der Waals surface area contributed by atoms with E-state index in [-0.39, 0.29) is 5.69 Å². The Kier molecular flexibility index (Phi) is 4.29. The van der Waals surface area contributed by atoms with Crippen LogP contribution in [0.3, 0.4) is 0 Å². The lowest BCUT2D eigenvalue weighted by atomic mass is 10.2. The monoisotopic (exact) mass is 276 g/mol. The van der Waals surface area contributed by atoms with Gasteiger partial charge in [0.25, 0.3) is 0 Å². The summed E-state index contributed by atoms with van der Waals surface area (Å²) in [5.41, 5.74) is -0.856. The third-order valence-corrected chi connectivity index (χ3v) is 2.98. The van der Waals surface area contributed by atoms with E-state index in [0.717, 1.165) is 25.1 Å². The molecule has 0 atom stereocenters. The number of halogens is 4. The van der Waals surface area contributed by atoms with Crippen LogP contribution < -0.4 is 10.6 Å². The van der Waals surface area contributed by atoms with Gasteiger partial charge in [0.05, 0.1) is 11.3 Å². The molecule has 2 N–H and O–H groups in total. The van der Waals surface area contributed by atoms with Crippen molar-refractivity contribution in [3.8, 4) is 0 Å². The summed E-state index contributed by atoms with van der Waals surface area (Å²) in [6, 6.07) is 3.16. The fraction of sp³-hybridized carbons (Fsp3) is 0.538. The molecule has 106 valence electrons. The first-order valence-electron chi connectivity index (χ1n) is 6.31. The van der Waals surface area contributed by atoms with E-state index in [4.69, 9.17) is 0 Å². The highest BCUT2D eigenvalue weighted by atomic mass is 19.4. The summed E-state index contributed by atoms with van der Waals surface area (Å²) in [5, 5.41) is 6.11. The highest BCUT2D eigenvalue weighted by molar-refractivity contribution is 5.46. The van der Waals surface area contributed by atoms with Gasteiger partial charge in [0, 0.05) is 12.6 Å². The zero-order valence-corrected chi connectivity index (χ0v) is 10.4. The molecule has 0 heterocycles. The van der Waals surface area contributed by atoms with Gasteiger partial charge in [-0.3, -0.25) is 0 Å². The molecule has 0 aliphatic heterocycles. The Labute approximate surface area is 109 Å². The molecule has 1 aromatic carbocycles. The lowest BCUT2D eigenvalue weighted by molar-refractivity contribution is -0.137. The molecule has 1 aliphatic carbocycles. The van der Waals surface area contributed by atoms with Crippen LogP contribution in [-0.2, 0) is 6.18 Å². The molecule has 0 unspecified atom stereocenters. The molecule has 2 rings (SSSR count). The van der Waals surface area contributed by atoms with Gasteiger partial charge in [-0.2, -0.15) is 13.2 Å². The first-order valence-corrected chi connectivity index (χ1v) is 6.31. The molecule has 0 saturated heterocycles. The Balaban J connectivity index is 1.79. The SMILES string of the molecule is Fc1cc(C(F)(F)F)ccc1NCCCNC1CC1. The van der Waals surface area contributed by atoms with E-state index in [1.54, 1.807) is 0 Å². The normalized spacial score (nSPS) is 15.6. The van der Waals surface area contributed by atoms with Gasteiger partial charge in [-0.1, -0.05) is 0 Å². The third-order valence-electron chi connectivity index (χ3n) is 2.98. The molecule has 19 heavy (non-hydrogen) atoms. The summed E-state index contributed by atoms with van der Waals surface area (Å²) in [7, 11) is 0. The molecule has 1 aromatic rings. The summed E-state index contributed by atoms with van der Waals surface area (Å²) >= 11 is 0. The molecule has 1 saturated carbocycles. The van der Waals surface area contributed by atoms with Crippen molar-refractivity contribution in [1.29, 1.82) is 0 Å². The van der Waals surface area contributed by atoms with Crippen molar-refractivity contribution >= 4 is 5.69 Å². The van der Waals surface area contributed by atoms with E-state index in [9.17, 15) is 17.6 Å². The van der Waals surface area contributed by atoms with Crippen molar-refractivity contribution in [3.63, 3.8) is 0 Å². The van der Waals surface area contributed by atoms with Gasteiger partial charge >= 0.3 is 6.18 Å². The van der Waals surface area contributed by atoms with Crippen LogP contribution in [0.4, 0.5) is 23.2 Å². The maximum absolute atomic E-state index is 13.4. The number of benzene rings is 1. The second-order valence-electron chi connectivity index (χ2n) is 4.70. The van der Waals surface area contributed by atoms with Crippen LogP contribution in [0.25, 0.3) is 0 Å². The maximum atomic E-state index is 13.4. The zero-order valence-electron chi connectivity index (χ0n) is 10.4. The Bertz CT molecular complexity index is 427. The molecule has 6 heteroatoms. The molecular weight excluding hydrogens is 260 g/mol. The van der Waals surface area contributed by atoms with Crippen LogP contribution in [-0.4, -0.2) is 19.1 Å². The number of rotatable bonds is 6. The van der Waals surface area contributed by atoms with Gasteiger partial charge in [-0.15, -0.1) is 0 Å². The Morgan fingerprint density at radius 1 is 1.16 bits per heavy atom. The topological polar surface area (TPSA) is 24.1 Å². The van der Waals surface area contributed by atoms with Crippen molar-refractivity contribution in [3.05, 3.63) is 29.6 Å². The van der Waals surface area contributed by atoms with E-state index < -0.39 is 17.6 Å². The number of hydrogen-bond acceptors (Lipinski definition) is 2. The smallest absolute Gasteiger partial charge is 0.383 e. The van der Waals surface area contributed by atoms with Crippen molar-refractivity contribution in [2.24, 2.45) is 0 Å². The Morgan fingerprint density at radius 3 is 2.47 bits per heavy atom. The second-order valence-corrected chi connectivity index (χ2v) is 4.70.